The Morgan fingerprint density at radius 1 is 1.00 bits per heavy atom. The average molecular weight is 518 g/mol. The zero-order valence-corrected chi connectivity index (χ0v) is 19.7. The number of rotatable bonds is 6. The predicted octanol–water partition coefficient (Wildman–Crippen LogP) is 3.70. The number of carbonyl (C=O) groups is 2. The fraction of sp³-hybridized carbons (Fsp3) is 0.0870. The third-order valence-electron chi connectivity index (χ3n) is 4.86. The molecule has 0 unspecified atom stereocenters. The number of ether oxygens (including phenoxy) is 1. The number of carbonyl (C=O) groups excluding carboxylic acids is 2. The molecule has 35 heavy (non-hydrogen) atoms. The van der Waals surface area contributed by atoms with Gasteiger partial charge >= 0.3 is 5.97 Å². The molecule has 0 aliphatic rings. The van der Waals surface area contributed by atoms with Gasteiger partial charge < -0.3 is 9.30 Å². The van der Waals surface area contributed by atoms with Gasteiger partial charge in [-0.3, -0.25) is 14.3 Å². The van der Waals surface area contributed by atoms with E-state index in [1.807, 2.05) is 0 Å². The van der Waals surface area contributed by atoms with E-state index < -0.39 is 33.5 Å². The molecule has 0 bridgehead atoms. The normalized spacial score (nSPS) is 12.0. The number of hydrogen-bond donors (Lipinski definition) is 1. The monoisotopic (exact) mass is 517 g/mol. The number of hydrogen-bond acceptors (Lipinski definition) is 6. The molecule has 0 spiro atoms. The van der Waals surface area contributed by atoms with Crippen LogP contribution in [-0.2, 0) is 26.1 Å². The SMILES string of the molecule is COC(=O)Cn1c(=NC(=O)c2ccc(NS(=O)(=O)c3ccc(F)cc3)cc2)sc2cc(F)ccc21. The van der Waals surface area contributed by atoms with Crippen molar-refractivity contribution in [2.45, 2.75) is 11.4 Å². The number of halogens is 2. The van der Waals surface area contributed by atoms with Gasteiger partial charge in [0.1, 0.15) is 18.2 Å². The van der Waals surface area contributed by atoms with Gasteiger partial charge in [0.2, 0.25) is 0 Å². The number of esters is 1. The molecule has 1 aromatic heterocycles. The second-order valence-electron chi connectivity index (χ2n) is 7.21. The first kappa shape index (κ1) is 24.2. The molecule has 1 N–H and O–H groups in total. The molecule has 0 aliphatic carbocycles. The zero-order valence-electron chi connectivity index (χ0n) is 18.1. The van der Waals surface area contributed by atoms with Gasteiger partial charge in [-0.2, -0.15) is 4.99 Å². The summed E-state index contributed by atoms with van der Waals surface area (Å²) >= 11 is 1.03. The second-order valence-corrected chi connectivity index (χ2v) is 9.90. The number of aromatic nitrogens is 1. The number of sulfonamides is 1. The van der Waals surface area contributed by atoms with Gasteiger partial charge in [0.15, 0.2) is 4.80 Å². The fourth-order valence-electron chi connectivity index (χ4n) is 3.14. The van der Waals surface area contributed by atoms with Crippen LogP contribution in [0.15, 0.2) is 76.6 Å². The van der Waals surface area contributed by atoms with E-state index in [9.17, 15) is 26.8 Å². The van der Waals surface area contributed by atoms with E-state index in [2.05, 4.69) is 9.71 Å². The van der Waals surface area contributed by atoms with Crippen LogP contribution >= 0.6 is 11.3 Å². The molecule has 0 aliphatic heterocycles. The van der Waals surface area contributed by atoms with Crippen molar-refractivity contribution in [3.05, 3.63) is 88.7 Å². The molecule has 0 radical (unpaired) electrons. The highest BCUT2D eigenvalue weighted by Crippen LogP contribution is 2.20. The lowest BCUT2D eigenvalue weighted by Gasteiger charge is -2.08. The summed E-state index contributed by atoms with van der Waals surface area (Å²) in [4.78, 5) is 28.8. The average Bonchev–Trinajstić information content (AvgIpc) is 3.15. The second kappa shape index (κ2) is 9.76. The van der Waals surface area contributed by atoms with Crippen LogP contribution in [0.25, 0.3) is 10.2 Å². The zero-order chi connectivity index (χ0) is 25.2. The lowest BCUT2D eigenvalue weighted by atomic mass is 10.2. The van der Waals surface area contributed by atoms with Crippen molar-refractivity contribution < 1.29 is 31.5 Å². The molecule has 0 atom stereocenters. The molecule has 12 heteroatoms. The number of nitrogens with one attached hydrogen (secondary N) is 1. The molecule has 3 aromatic carbocycles. The summed E-state index contributed by atoms with van der Waals surface area (Å²) in [7, 11) is -2.72. The summed E-state index contributed by atoms with van der Waals surface area (Å²) in [5, 5.41) is 0. The van der Waals surface area contributed by atoms with Crippen LogP contribution < -0.4 is 9.52 Å². The van der Waals surface area contributed by atoms with Crippen molar-refractivity contribution in [3.63, 3.8) is 0 Å². The van der Waals surface area contributed by atoms with Crippen molar-refractivity contribution in [3.8, 4) is 0 Å². The summed E-state index contributed by atoms with van der Waals surface area (Å²) in [5.74, 6) is -2.25. The third kappa shape index (κ3) is 5.44. The summed E-state index contributed by atoms with van der Waals surface area (Å²) < 4.78 is 60.6. The van der Waals surface area contributed by atoms with Crippen molar-refractivity contribution >= 4 is 49.1 Å². The first-order valence-electron chi connectivity index (χ1n) is 9.99. The minimum Gasteiger partial charge on any atom is -0.468 e. The molecule has 0 saturated carbocycles. The molecule has 180 valence electrons. The molecular formula is C23H17F2N3O5S2. The summed E-state index contributed by atoms with van der Waals surface area (Å²) in [6.45, 7) is -0.224. The predicted molar refractivity (Wildman–Crippen MR) is 125 cm³/mol. The summed E-state index contributed by atoms with van der Waals surface area (Å²) in [6, 6.07) is 13.9. The van der Waals surface area contributed by atoms with Crippen LogP contribution in [0.5, 0.6) is 0 Å². The van der Waals surface area contributed by atoms with Gasteiger partial charge in [-0.25, -0.2) is 17.2 Å². The van der Waals surface area contributed by atoms with Crippen LogP contribution in [0, 0.1) is 11.6 Å². The highest BCUT2D eigenvalue weighted by molar-refractivity contribution is 7.92. The number of nitrogens with zero attached hydrogens (tertiary/aromatic N) is 2. The lowest BCUT2D eigenvalue weighted by molar-refractivity contribution is -0.141. The minimum absolute atomic E-state index is 0.120. The van der Waals surface area contributed by atoms with Crippen molar-refractivity contribution in [1.29, 1.82) is 0 Å². The van der Waals surface area contributed by atoms with Gasteiger partial charge in [0.25, 0.3) is 15.9 Å². The topological polar surface area (TPSA) is 107 Å². The van der Waals surface area contributed by atoms with Gasteiger partial charge in [0.05, 0.1) is 22.2 Å². The third-order valence-corrected chi connectivity index (χ3v) is 7.30. The Kier molecular flexibility index (Phi) is 6.76. The van der Waals surface area contributed by atoms with E-state index in [0.717, 1.165) is 35.6 Å². The van der Waals surface area contributed by atoms with E-state index in [1.165, 1.54) is 54.1 Å². The van der Waals surface area contributed by atoms with Crippen LogP contribution in [0.3, 0.4) is 0 Å². The first-order valence-corrected chi connectivity index (χ1v) is 12.3. The fourth-order valence-corrected chi connectivity index (χ4v) is 5.25. The highest BCUT2D eigenvalue weighted by atomic mass is 32.2. The molecule has 8 nitrogen and oxygen atoms in total. The van der Waals surface area contributed by atoms with Gasteiger partial charge in [-0.05, 0) is 66.7 Å². The van der Waals surface area contributed by atoms with Crippen molar-refractivity contribution in [1.82, 2.24) is 4.57 Å². The first-order chi connectivity index (χ1) is 16.7. The maximum atomic E-state index is 13.7. The Morgan fingerprint density at radius 2 is 1.66 bits per heavy atom. The molecular weight excluding hydrogens is 500 g/mol. The van der Waals surface area contributed by atoms with Crippen LogP contribution in [0.4, 0.5) is 14.5 Å². The number of anilines is 1. The Labute approximate surface area is 202 Å². The maximum absolute atomic E-state index is 13.7. The quantitative estimate of drug-likeness (QED) is 0.393. The number of fused-ring (bicyclic) bond motifs is 1. The molecule has 0 saturated heterocycles. The molecule has 1 amide bonds. The Hall–Kier alpha value is -3.90. The Bertz CT molecular complexity index is 1590. The molecule has 1 heterocycles. The van der Waals surface area contributed by atoms with Gasteiger partial charge in [-0.15, -0.1) is 0 Å². The van der Waals surface area contributed by atoms with Gasteiger partial charge in [-0.1, -0.05) is 11.3 Å². The number of amides is 1. The number of methoxy groups -OCH3 is 1. The van der Waals surface area contributed by atoms with E-state index >= 15 is 0 Å². The minimum atomic E-state index is -3.95. The van der Waals surface area contributed by atoms with Crippen LogP contribution in [-0.4, -0.2) is 32.0 Å². The van der Waals surface area contributed by atoms with Crippen LogP contribution in [0.2, 0.25) is 0 Å². The lowest BCUT2D eigenvalue weighted by Crippen LogP contribution is -2.22. The Morgan fingerprint density at radius 3 is 2.31 bits per heavy atom. The smallest absolute Gasteiger partial charge is 0.325 e. The maximum Gasteiger partial charge on any atom is 0.325 e. The number of thiazole rings is 1. The van der Waals surface area contributed by atoms with E-state index in [-0.39, 0.29) is 27.5 Å². The standard InChI is InChI=1S/C23H17F2N3O5S2/c1-33-21(29)13-28-19-11-6-16(25)12-20(19)34-23(28)26-22(30)14-2-7-17(8-3-14)27-35(31,32)18-9-4-15(24)5-10-18/h2-12,27H,13H2,1H3. The molecule has 0 fully saturated rings. The van der Waals surface area contributed by atoms with Crippen LogP contribution in [0.1, 0.15) is 10.4 Å². The van der Waals surface area contributed by atoms with Crippen molar-refractivity contribution in [2.24, 2.45) is 4.99 Å². The number of benzene rings is 3. The van der Waals surface area contributed by atoms with E-state index in [1.54, 1.807) is 0 Å². The summed E-state index contributed by atoms with van der Waals surface area (Å²) in [6.07, 6.45) is 0. The van der Waals surface area contributed by atoms with Gasteiger partial charge in [0, 0.05) is 11.3 Å². The van der Waals surface area contributed by atoms with E-state index in [4.69, 9.17) is 4.74 Å². The summed E-state index contributed by atoms with van der Waals surface area (Å²) in [5.41, 5.74) is 0.853. The van der Waals surface area contributed by atoms with E-state index in [0.29, 0.717) is 10.2 Å². The van der Waals surface area contributed by atoms with Crippen molar-refractivity contribution in [2.75, 3.05) is 11.8 Å². The largest absolute Gasteiger partial charge is 0.468 e. The Balaban J connectivity index is 1.62. The molecule has 4 rings (SSSR count). The highest BCUT2D eigenvalue weighted by Gasteiger charge is 2.16. The molecule has 4 aromatic rings.